The van der Waals surface area contributed by atoms with E-state index in [4.69, 9.17) is 19.4 Å². The molecule has 0 aromatic heterocycles. The number of hydrogen-bond acceptors (Lipinski definition) is 3. The van der Waals surface area contributed by atoms with Gasteiger partial charge in [-0.2, -0.15) is 0 Å². The van der Waals surface area contributed by atoms with E-state index in [0.29, 0.717) is 22.6 Å². The van der Waals surface area contributed by atoms with Gasteiger partial charge >= 0.3 is 5.97 Å². The maximum atomic E-state index is 12.5. The Morgan fingerprint density at radius 1 is 1.50 bits per heavy atom. The van der Waals surface area contributed by atoms with Gasteiger partial charge in [-0.15, -0.1) is 0 Å². The molecule has 1 aromatic rings. The molecule has 1 aliphatic heterocycles. The van der Waals surface area contributed by atoms with Crippen molar-refractivity contribution in [1.82, 2.24) is 4.90 Å². The van der Waals surface area contributed by atoms with Gasteiger partial charge in [0.1, 0.15) is 14.4 Å². The van der Waals surface area contributed by atoms with Crippen molar-refractivity contribution < 1.29 is 14.3 Å². The van der Waals surface area contributed by atoms with Gasteiger partial charge in [0.05, 0.1) is 7.11 Å². The van der Waals surface area contributed by atoms with Gasteiger partial charge in [-0.05, 0) is 24.5 Å². The van der Waals surface area contributed by atoms with E-state index in [-0.39, 0.29) is 17.9 Å². The van der Waals surface area contributed by atoms with Crippen LogP contribution < -0.4 is 5.46 Å². The summed E-state index contributed by atoms with van der Waals surface area (Å²) in [6, 6.07) is 3.33. The highest BCUT2D eigenvalue weighted by Crippen LogP contribution is 2.54. The summed E-state index contributed by atoms with van der Waals surface area (Å²) in [5, 5.41) is 0.478. The molecule has 1 saturated carbocycles. The van der Waals surface area contributed by atoms with Gasteiger partial charge in [0.2, 0.25) is 0 Å². The summed E-state index contributed by atoms with van der Waals surface area (Å²) in [5.74, 6) is -0.607. The normalized spacial score (nSPS) is 18.9. The Kier molecular flexibility index (Phi) is 3.05. The Hall–Kier alpha value is -1.49. The lowest BCUT2D eigenvalue weighted by Crippen LogP contribution is -2.46. The van der Waals surface area contributed by atoms with Crippen LogP contribution in [0.25, 0.3) is 0 Å². The number of benzene rings is 1. The topological polar surface area (TPSA) is 46.6 Å². The molecule has 6 heteroatoms. The Morgan fingerprint density at radius 2 is 2.20 bits per heavy atom. The van der Waals surface area contributed by atoms with Crippen molar-refractivity contribution in [3.8, 4) is 0 Å². The maximum absolute atomic E-state index is 12.5. The van der Waals surface area contributed by atoms with E-state index in [9.17, 15) is 9.59 Å². The van der Waals surface area contributed by atoms with Gasteiger partial charge in [0.15, 0.2) is 0 Å². The molecule has 1 fully saturated rings. The largest absolute Gasteiger partial charge is 0.468 e. The highest BCUT2D eigenvalue weighted by Gasteiger charge is 2.52. The van der Waals surface area contributed by atoms with Crippen LogP contribution in [0.15, 0.2) is 12.1 Å². The van der Waals surface area contributed by atoms with Crippen LogP contribution in [-0.4, -0.2) is 44.8 Å². The van der Waals surface area contributed by atoms with Crippen molar-refractivity contribution >= 4 is 36.8 Å². The van der Waals surface area contributed by atoms with Crippen LogP contribution in [0.1, 0.15) is 28.8 Å². The van der Waals surface area contributed by atoms with E-state index in [1.165, 1.54) is 12.0 Å². The molecule has 0 unspecified atom stereocenters. The minimum atomic E-state index is -0.417. The van der Waals surface area contributed by atoms with Crippen LogP contribution in [0.4, 0.5) is 0 Å². The number of rotatable bonds is 2. The van der Waals surface area contributed by atoms with Crippen molar-refractivity contribution in [3.05, 3.63) is 28.3 Å². The summed E-state index contributed by atoms with van der Waals surface area (Å²) >= 11 is 6.29. The van der Waals surface area contributed by atoms with E-state index < -0.39 is 5.97 Å². The van der Waals surface area contributed by atoms with E-state index in [2.05, 4.69) is 4.74 Å². The number of hydrogen-bond donors (Lipinski definition) is 0. The smallest absolute Gasteiger partial charge is 0.325 e. The van der Waals surface area contributed by atoms with Crippen LogP contribution >= 0.6 is 11.6 Å². The first-order chi connectivity index (χ1) is 9.48. The first-order valence-corrected chi connectivity index (χ1v) is 6.81. The van der Waals surface area contributed by atoms with Crippen LogP contribution in [0.3, 0.4) is 0 Å². The molecule has 4 nitrogen and oxygen atoms in total. The minimum absolute atomic E-state index is 0.0292. The zero-order valence-electron chi connectivity index (χ0n) is 11.1. The number of ether oxygens (including phenoxy) is 1. The molecule has 2 radical (unpaired) electrons. The summed E-state index contributed by atoms with van der Waals surface area (Å²) in [5.41, 5.74) is 1.76. The lowest BCUT2D eigenvalue weighted by molar-refractivity contribution is -0.141. The number of esters is 1. The third kappa shape index (κ3) is 1.92. The quantitative estimate of drug-likeness (QED) is 0.597. The third-order valence-corrected chi connectivity index (χ3v) is 4.52. The molecular formula is C14H13BClNO3. The number of amides is 1. The second kappa shape index (κ2) is 4.52. The van der Waals surface area contributed by atoms with E-state index in [0.717, 1.165) is 18.4 Å². The summed E-state index contributed by atoms with van der Waals surface area (Å²) in [6.07, 6.45) is 1.91. The fraction of sp³-hybridized carbons (Fsp3) is 0.429. The number of halogens is 1. The summed E-state index contributed by atoms with van der Waals surface area (Å²) in [6.45, 7) is 0.468. The fourth-order valence-corrected chi connectivity index (χ4v) is 3.25. The molecular weight excluding hydrogens is 276 g/mol. The third-order valence-electron chi connectivity index (χ3n) is 4.11. The maximum Gasteiger partial charge on any atom is 0.325 e. The molecule has 3 rings (SSSR count). The molecule has 0 atom stereocenters. The second-order valence-corrected chi connectivity index (χ2v) is 5.79. The first-order valence-electron chi connectivity index (χ1n) is 6.43. The average Bonchev–Trinajstić information content (AvgIpc) is 3.19. The Balaban J connectivity index is 2.04. The molecule has 2 aliphatic rings. The second-order valence-electron chi connectivity index (χ2n) is 5.41. The molecule has 20 heavy (non-hydrogen) atoms. The number of carbonyl (C=O) groups excluding carboxylic acids is 2. The fourth-order valence-electron chi connectivity index (χ4n) is 2.88. The van der Waals surface area contributed by atoms with Gasteiger partial charge in [-0.25, -0.2) is 0 Å². The molecule has 0 bridgehead atoms. The standard InChI is InChI=1S/C14H13BClNO3/c1-20-10(18)6-17-7-14(4-5-14)11-8(13(17)19)2-3-9(15)12(11)16/h2-3H,4-7H2,1H3. The SMILES string of the molecule is [B]c1ccc2c(c1Cl)C1(CC1)CN(CC(=O)OC)C2=O. The van der Waals surface area contributed by atoms with Gasteiger partial charge in [-0.3, -0.25) is 9.59 Å². The predicted molar refractivity (Wildman–Crippen MR) is 75.7 cm³/mol. The molecule has 0 N–H and O–H groups in total. The number of fused-ring (bicyclic) bond motifs is 2. The zero-order chi connectivity index (χ0) is 14.5. The van der Waals surface area contributed by atoms with Crippen LogP contribution in [-0.2, 0) is 14.9 Å². The lowest BCUT2D eigenvalue weighted by atomic mass is 9.81. The zero-order valence-corrected chi connectivity index (χ0v) is 11.9. The summed E-state index contributed by atoms with van der Waals surface area (Å²) in [7, 11) is 7.16. The monoisotopic (exact) mass is 289 g/mol. The predicted octanol–water partition coefficient (Wildman–Crippen LogP) is 0.794. The Bertz CT molecular complexity index is 613. The molecule has 1 heterocycles. The molecule has 102 valence electrons. The van der Waals surface area contributed by atoms with Crippen molar-refractivity contribution in [2.24, 2.45) is 0 Å². The summed E-state index contributed by atoms with van der Waals surface area (Å²) < 4.78 is 4.64. The summed E-state index contributed by atoms with van der Waals surface area (Å²) in [4.78, 5) is 25.4. The van der Waals surface area contributed by atoms with E-state index in [1.54, 1.807) is 12.1 Å². The van der Waals surface area contributed by atoms with Crippen molar-refractivity contribution in [3.63, 3.8) is 0 Å². The van der Waals surface area contributed by atoms with E-state index >= 15 is 0 Å². The highest BCUT2D eigenvalue weighted by atomic mass is 35.5. The van der Waals surface area contributed by atoms with Crippen LogP contribution in [0.5, 0.6) is 0 Å². The lowest BCUT2D eigenvalue weighted by Gasteiger charge is -2.35. The van der Waals surface area contributed by atoms with Crippen molar-refractivity contribution in [1.29, 1.82) is 0 Å². The number of nitrogens with zero attached hydrogens (tertiary/aromatic N) is 1. The van der Waals surface area contributed by atoms with Gasteiger partial charge < -0.3 is 9.64 Å². The highest BCUT2D eigenvalue weighted by molar-refractivity contribution is 6.46. The average molecular weight is 290 g/mol. The molecule has 0 saturated heterocycles. The van der Waals surface area contributed by atoms with Gasteiger partial charge in [-0.1, -0.05) is 23.1 Å². The van der Waals surface area contributed by atoms with Gasteiger partial charge in [0, 0.05) is 22.5 Å². The Labute approximate surface area is 123 Å². The number of methoxy groups -OCH3 is 1. The first kappa shape index (κ1) is 13.5. The van der Waals surface area contributed by atoms with Crippen LogP contribution in [0, 0.1) is 0 Å². The minimum Gasteiger partial charge on any atom is -0.468 e. The Morgan fingerprint density at radius 3 is 2.80 bits per heavy atom. The van der Waals surface area contributed by atoms with Crippen LogP contribution in [0.2, 0.25) is 5.02 Å². The molecule has 1 aliphatic carbocycles. The van der Waals surface area contributed by atoms with E-state index in [1.807, 2.05) is 0 Å². The van der Waals surface area contributed by atoms with Gasteiger partial charge in [0.25, 0.3) is 5.91 Å². The molecule has 1 aromatic carbocycles. The number of carbonyl (C=O) groups is 2. The molecule has 1 spiro atoms. The molecule has 1 amide bonds. The van der Waals surface area contributed by atoms with Crippen molar-refractivity contribution in [2.45, 2.75) is 18.3 Å². The van der Waals surface area contributed by atoms with Crippen molar-refractivity contribution in [2.75, 3.05) is 20.2 Å².